The Balaban J connectivity index is 1.09. The fourth-order valence-electron chi connectivity index (χ4n) is 8.37. The summed E-state index contributed by atoms with van der Waals surface area (Å²) in [5, 5.41) is 7.62. The molecule has 13 heteroatoms. The van der Waals surface area contributed by atoms with Crippen LogP contribution in [0, 0.1) is 11.8 Å². The Morgan fingerprint density at radius 3 is 2.05 bits per heavy atom. The molecule has 1 aromatic heterocycles. The van der Waals surface area contributed by atoms with Crippen molar-refractivity contribution in [3.8, 4) is 22.4 Å². The molecular formula is C43H51N7O6. The summed E-state index contributed by atoms with van der Waals surface area (Å²) in [6.07, 6.45) is 4.60. The molecule has 4 amide bonds. The number of amides is 4. The zero-order valence-corrected chi connectivity index (χ0v) is 32.9. The number of benzene rings is 3. The number of hydrogen-bond donors (Lipinski definition) is 3. The van der Waals surface area contributed by atoms with Gasteiger partial charge in [-0.05, 0) is 77.1 Å². The SMILES string of the molecule is COC(=O)N[C@H](C(=O)N1CCC[C@H]1C1=Nc2cc(-c3cccc4cc(-c5cnc([C@@H]6CCCN6C(=O)[C@@H](NC(=O)OC)C(C)C)[nH]5)ccc34)ccc2C1)C(C)C. The van der Waals surface area contributed by atoms with Crippen molar-refractivity contribution in [2.45, 2.75) is 84.0 Å². The molecule has 0 radical (unpaired) electrons. The van der Waals surface area contributed by atoms with E-state index in [1.165, 1.54) is 14.2 Å². The predicted molar refractivity (Wildman–Crippen MR) is 215 cm³/mol. The second-order valence-electron chi connectivity index (χ2n) is 15.6. The molecular weight excluding hydrogens is 711 g/mol. The first-order chi connectivity index (χ1) is 27.0. The number of methoxy groups -OCH3 is 2. The van der Waals surface area contributed by atoms with Gasteiger partial charge in [0.25, 0.3) is 0 Å². The summed E-state index contributed by atoms with van der Waals surface area (Å²) in [6, 6.07) is 17.4. The first-order valence-electron chi connectivity index (χ1n) is 19.6. The van der Waals surface area contributed by atoms with Crippen LogP contribution in [0.25, 0.3) is 33.2 Å². The van der Waals surface area contributed by atoms with Crippen molar-refractivity contribution in [2.24, 2.45) is 16.8 Å². The Hall–Kier alpha value is -5.72. The average Bonchev–Trinajstić information content (AvgIpc) is 4.03. The molecule has 56 heavy (non-hydrogen) atoms. The number of aromatic nitrogens is 2. The maximum Gasteiger partial charge on any atom is 0.407 e. The molecule has 0 spiro atoms. The van der Waals surface area contributed by atoms with Gasteiger partial charge in [0, 0.05) is 30.8 Å². The molecule has 13 nitrogen and oxygen atoms in total. The quantitative estimate of drug-likeness (QED) is 0.158. The molecule has 4 aromatic rings. The fourth-order valence-corrected chi connectivity index (χ4v) is 8.37. The third-order valence-corrected chi connectivity index (χ3v) is 11.4. The summed E-state index contributed by atoms with van der Waals surface area (Å²) in [6.45, 7) is 8.86. The molecule has 7 rings (SSSR count). The number of alkyl carbamates (subject to hydrolysis) is 2. The topological polar surface area (TPSA) is 158 Å². The number of aliphatic imine (C=N–C) groups is 1. The molecule has 0 bridgehead atoms. The molecule has 2 saturated heterocycles. The van der Waals surface area contributed by atoms with Crippen LogP contribution in [0.3, 0.4) is 0 Å². The summed E-state index contributed by atoms with van der Waals surface area (Å²) < 4.78 is 9.57. The summed E-state index contributed by atoms with van der Waals surface area (Å²) in [5.41, 5.74) is 7.03. The standard InChI is InChI=1S/C43H51N7O6/c1-24(2)37(47-42(53)55-5)40(51)49-18-8-12-35(49)33-22-29-15-14-27(21-32(29)45-33)30-11-7-10-26-20-28(16-17-31(26)30)34-23-44-39(46-34)36-13-9-19-50(36)41(52)38(25(3)4)48-43(54)56-6/h7,10-11,14-17,20-21,23-25,35-38H,8-9,12-13,18-19,22H2,1-6H3,(H,44,46)(H,47,53)(H,48,54)/t35-,36-,37-,38-/m0/s1. The van der Waals surface area contributed by atoms with Crippen LogP contribution < -0.4 is 10.6 Å². The highest BCUT2D eigenvalue weighted by Gasteiger charge is 2.40. The summed E-state index contributed by atoms with van der Waals surface area (Å²) in [5.74, 6) is 0.276. The van der Waals surface area contributed by atoms with E-state index >= 15 is 0 Å². The van der Waals surface area contributed by atoms with E-state index in [2.05, 4.69) is 70.2 Å². The number of likely N-dealkylation sites (tertiary alicyclic amines) is 2. The van der Waals surface area contributed by atoms with E-state index in [0.717, 1.165) is 81.6 Å². The minimum Gasteiger partial charge on any atom is -0.453 e. The minimum absolute atomic E-state index is 0.0936. The van der Waals surface area contributed by atoms with E-state index in [4.69, 9.17) is 19.5 Å². The highest BCUT2D eigenvalue weighted by atomic mass is 16.5. The van der Waals surface area contributed by atoms with Crippen molar-refractivity contribution in [3.05, 3.63) is 72.2 Å². The number of rotatable bonds is 10. The average molecular weight is 762 g/mol. The molecule has 3 aromatic carbocycles. The van der Waals surface area contributed by atoms with E-state index < -0.39 is 24.3 Å². The van der Waals surface area contributed by atoms with Crippen molar-refractivity contribution >= 4 is 46.2 Å². The fraction of sp³-hybridized carbons (Fsp3) is 0.442. The minimum atomic E-state index is -0.694. The van der Waals surface area contributed by atoms with Gasteiger partial charge in [-0.1, -0.05) is 70.2 Å². The third kappa shape index (κ3) is 7.59. The number of fused-ring (bicyclic) bond motifs is 2. The lowest BCUT2D eigenvalue weighted by Crippen LogP contribution is -2.53. The van der Waals surface area contributed by atoms with Gasteiger partial charge in [0.15, 0.2) is 0 Å². The Labute approximate surface area is 327 Å². The van der Waals surface area contributed by atoms with Crippen molar-refractivity contribution in [3.63, 3.8) is 0 Å². The lowest BCUT2D eigenvalue weighted by Gasteiger charge is -2.30. The van der Waals surface area contributed by atoms with E-state index in [0.29, 0.717) is 19.5 Å². The summed E-state index contributed by atoms with van der Waals surface area (Å²) >= 11 is 0. The van der Waals surface area contributed by atoms with Gasteiger partial charge in [0.05, 0.1) is 43.9 Å². The highest BCUT2D eigenvalue weighted by Crippen LogP contribution is 2.39. The van der Waals surface area contributed by atoms with Crippen LogP contribution in [0.4, 0.5) is 15.3 Å². The predicted octanol–water partition coefficient (Wildman–Crippen LogP) is 6.94. The van der Waals surface area contributed by atoms with E-state index in [9.17, 15) is 19.2 Å². The smallest absolute Gasteiger partial charge is 0.407 e. The van der Waals surface area contributed by atoms with Gasteiger partial charge in [-0.25, -0.2) is 14.6 Å². The van der Waals surface area contributed by atoms with Gasteiger partial charge >= 0.3 is 12.2 Å². The molecule has 4 atom stereocenters. The first kappa shape index (κ1) is 38.6. The molecule has 0 aliphatic carbocycles. The first-order valence-corrected chi connectivity index (χ1v) is 19.6. The number of ether oxygens (including phenoxy) is 2. The van der Waals surface area contributed by atoms with Crippen LogP contribution in [-0.4, -0.2) is 94.9 Å². The summed E-state index contributed by atoms with van der Waals surface area (Å²) in [7, 11) is 2.59. The third-order valence-electron chi connectivity index (χ3n) is 11.4. The molecule has 3 aliphatic heterocycles. The second-order valence-corrected chi connectivity index (χ2v) is 15.6. The van der Waals surface area contributed by atoms with Crippen molar-refractivity contribution < 1.29 is 28.7 Å². The van der Waals surface area contributed by atoms with Gasteiger partial charge in [-0.3, -0.25) is 14.6 Å². The number of aromatic amines is 1. The van der Waals surface area contributed by atoms with E-state index in [1.54, 1.807) is 0 Å². The van der Waals surface area contributed by atoms with Gasteiger partial charge in [-0.2, -0.15) is 0 Å². The monoisotopic (exact) mass is 761 g/mol. The number of H-pyrrole nitrogens is 1. The van der Waals surface area contributed by atoms with Crippen LogP contribution in [0.5, 0.6) is 0 Å². The van der Waals surface area contributed by atoms with Crippen molar-refractivity contribution in [1.82, 2.24) is 30.4 Å². The van der Waals surface area contributed by atoms with Crippen molar-refractivity contribution in [2.75, 3.05) is 27.3 Å². The Bertz CT molecular complexity index is 2180. The van der Waals surface area contributed by atoms with Crippen LogP contribution in [0.15, 0.2) is 65.8 Å². The molecule has 2 fully saturated rings. The molecule has 0 saturated carbocycles. The number of hydrogen-bond acceptors (Lipinski definition) is 8. The van der Waals surface area contributed by atoms with Crippen LogP contribution >= 0.6 is 0 Å². The molecule has 0 unspecified atom stereocenters. The van der Waals surface area contributed by atoms with Crippen molar-refractivity contribution in [1.29, 1.82) is 0 Å². The van der Waals surface area contributed by atoms with Crippen LogP contribution in [0.2, 0.25) is 0 Å². The van der Waals surface area contributed by atoms with Crippen LogP contribution in [-0.2, 0) is 25.5 Å². The zero-order valence-electron chi connectivity index (χ0n) is 32.9. The second kappa shape index (κ2) is 16.2. The number of imidazole rings is 1. The lowest BCUT2D eigenvalue weighted by molar-refractivity contribution is -0.135. The normalized spacial score (nSPS) is 18.9. The van der Waals surface area contributed by atoms with E-state index in [-0.39, 0.29) is 35.7 Å². The molecule has 4 heterocycles. The maximum absolute atomic E-state index is 13.7. The van der Waals surface area contributed by atoms with Gasteiger partial charge in [-0.15, -0.1) is 0 Å². The number of nitrogens with zero attached hydrogens (tertiary/aromatic N) is 4. The Kier molecular flexibility index (Phi) is 11.1. The maximum atomic E-state index is 13.7. The number of carbonyl (C=O) groups is 4. The largest absolute Gasteiger partial charge is 0.453 e. The molecule has 3 aliphatic rings. The molecule has 3 N–H and O–H groups in total. The lowest BCUT2D eigenvalue weighted by atomic mass is 9.95. The summed E-state index contributed by atoms with van der Waals surface area (Å²) in [4.78, 5) is 68.4. The van der Waals surface area contributed by atoms with Gasteiger partial charge < -0.3 is 34.9 Å². The van der Waals surface area contributed by atoms with Gasteiger partial charge in [0.1, 0.15) is 17.9 Å². The zero-order chi connectivity index (χ0) is 39.7. The number of nitrogens with one attached hydrogen (secondary N) is 3. The van der Waals surface area contributed by atoms with Crippen LogP contribution in [0.1, 0.15) is 70.8 Å². The Morgan fingerprint density at radius 1 is 0.786 bits per heavy atom. The van der Waals surface area contributed by atoms with Gasteiger partial charge in [0.2, 0.25) is 11.8 Å². The molecule has 294 valence electrons. The highest BCUT2D eigenvalue weighted by molar-refractivity contribution is 6.03. The Morgan fingerprint density at radius 2 is 1.41 bits per heavy atom. The van der Waals surface area contributed by atoms with E-state index in [1.807, 2.05) is 43.7 Å². The number of carbonyl (C=O) groups excluding carboxylic acids is 4.